The molecule has 0 aliphatic carbocycles. The molecule has 0 bridgehead atoms. The molecule has 4 nitrogen and oxygen atoms in total. The van der Waals surface area contributed by atoms with Gasteiger partial charge in [-0.15, -0.1) is 0 Å². The molecule has 0 aliphatic heterocycles. The number of halogens is 1. The second-order valence-corrected chi connectivity index (χ2v) is 4.58. The molecule has 0 saturated heterocycles. The van der Waals surface area contributed by atoms with Crippen molar-refractivity contribution in [2.24, 2.45) is 5.73 Å². The molecule has 0 saturated carbocycles. The number of amides is 1. The first-order chi connectivity index (χ1) is 8.56. The van der Waals surface area contributed by atoms with Crippen LogP contribution in [0.25, 0.3) is 0 Å². The molecule has 1 rings (SSSR count). The first-order valence-electron chi connectivity index (χ1n) is 5.95. The van der Waals surface area contributed by atoms with Crippen LogP contribution in [0.15, 0.2) is 18.2 Å². The molecule has 1 amide bonds. The Morgan fingerprint density at radius 1 is 1.56 bits per heavy atom. The van der Waals surface area contributed by atoms with Crippen molar-refractivity contribution in [1.29, 1.82) is 0 Å². The van der Waals surface area contributed by atoms with Gasteiger partial charge in [0, 0.05) is 17.5 Å². The quantitative estimate of drug-likeness (QED) is 0.835. The third-order valence-electron chi connectivity index (χ3n) is 2.54. The molecule has 1 aromatic carbocycles. The van der Waals surface area contributed by atoms with E-state index in [1.807, 2.05) is 6.92 Å². The Bertz CT molecular complexity index is 410. The molecular formula is C13H19ClN2O2. The van der Waals surface area contributed by atoms with Crippen molar-refractivity contribution < 1.29 is 9.53 Å². The van der Waals surface area contributed by atoms with Crippen LogP contribution in [0.1, 0.15) is 26.2 Å². The van der Waals surface area contributed by atoms with E-state index in [0.717, 1.165) is 12.8 Å². The van der Waals surface area contributed by atoms with Gasteiger partial charge < -0.3 is 15.8 Å². The summed E-state index contributed by atoms with van der Waals surface area (Å²) >= 11 is 5.88. The van der Waals surface area contributed by atoms with Gasteiger partial charge >= 0.3 is 0 Å². The summed E-state index contributed by atoms with van der Waals surface area (Å²) in [5.41, 5.74) is 6.39. The van der Waals surface area contributed by atoms with E-state index in [9.17, 15) is 4.79 Å². The van der Waals surface area contributed by atoms with E-state index in [-0.39, 0.29) is 11.9 Å². The molecular weight excluding hydrogens is 252 g/mol. The van der Waals surface area contributed by atoms with Gasteiger partial charge in [-0.3, -0.25) is 4.79 Å². The monoisotopic (exact) mass is 270 g/mol. The van der Waals surface area contributed by atoms with Crippen molar-refractivity contribution in [2.45, 2.75) is 32.2 Å². The highest BCUT2D eigenvalue weighted by atomic mass is 35.5. The van der Waals surface area contributed by atoms with Gasteiger partial charge in [0.25, 0.3) is 0 Å². The maximum Gasteiger partial charge on any atom is 0.226 e. The zero-order valence-electron chi connectivity index (χ0n) is 10.7. The van der Waals surface area contributed by atoms with E-state index in [0.29, 0.717) is 22.9 Å². The lowest BCUT2D eigenvalue weighted by atomic mass is 10.1. The predicted molar refractivity (Wildman–Crippen MR) is 74.1 cm³/mol. The molecule has 0 spiro atoms. The molecule has 0 aliphatic rings. The minimum absolute atomic E-state index is 0.111. The summed E-state index contributed by atoms with van der Waals surface area (Å²) < 4.78 is 5.15. The number of rotatable bonds is 6. The lowest BCUT2D eigenvalue weighted by Gasteiger charge is -2.13. The first kappa shape index (κ1) is 14.8. The van der Waals surface area contributed by atoms with Crippen molar-refractivity contribution in [1.82, 2.24) is 0 Å². The molecule has 3 N–H and O–H groups in total. The number of benzene rings is 1. The number of hydrogen-bond donors (Lipinski definition) is 2. The number of ether oxygens (including phenoxy) is 1. The van der Waals surface area contributed by atoms with Gasteiger partial charge in [0.15, 0.2) is 0 Å². The number of nitrogens with one attached hydrogen (secondary N) is 1. The summed E-state index contributed by atoms with van der Waals surface area (Å²) in [6.45, 7) is 2.04. The van der Waals surface area contributed by atoms with Crippen LogP contribution < -0.4 is 15.8 Å². The summed E-state index contributed by atoms with van der Waals surface area (Å²) in [7, 11) is 1.54. The van der Waals surface area contributed by atoms with Gasteiger partial charge in [-0.2, -0.15) is 0 Å². The third kappa shape index (κ3) is 4.55. The van der Waals surface area contributed by atoms with Crippen molar-refractivity contribution in [3.63, 3.8) is 0 Å². The third-order valence-corrected chi connectivity index (χ3v) is 2.78. The van der Waals surface area contributed by atoms with Gasteiger partial charge in [0.2, 0.25) is 5.91 Å². The second kappa shape index (κ2) is 7.24. The van der Waals surface area contributed by atoms with Gasteiger partial charge in [-0.1, -0.05) is 24.9 Å². The van der Waals surface area contributed by atoms with E-state index < -0.39 is 0 Å². The average molecular weight is 271 g/mol. The highest BCUT2D eigenvalue weighted by molar-refractivity contribution is 6.31. The molecule has 0 fully saturated rings. The summed E-state index contributed by atoms with van der Waals surface area (Å²) in [5.74, 6) is 0.452. The molecule has 100 valence electrons. The molecule has 0 aromatic heterocycles. The molecule has 1 atom stereocenters. The molecule has 5 heteroatoms. The van der Waals surface area contributed by atoms with Gasteiger partial charge in [0.05, 0.1) is 12.8 Å². The van der Waals surface area contributed by atoms with Crippen LogP contribution in [0.2, 0.25) is 5.02 Å². The zero-order chi connectivity index (χ0) is 13.5. The summed E-state index contributed by atoms with van der Waals surface area (Å²) in [6, 6.07) is 4.96. The number of carbonyl (C=O) groups is 1. The molecule has 1 aromatic rings. The fraction of sp³-hybridized carbons (Fsp3) is 0.462. The van der Waals surface area contributed by atoms with E-state index in [1.165, 1.54) is 0 Å². The maximum atomic E-state index is 11.8. The Kier molecular flexibility index (Phi) is 5.95. The Labute approximate surface area is 112 Å². The normalized spacial score (nSPS) is 12.0. The summed E-state index contributed by atoms with van der Waals surface area (Å²) in [6.07, 6.45) is 2.10. The van der Waals surface area contributed by atoms with Crippen molar-refractivity contribution in [2.75, 3.05) is 12.4 Å². The maximum absolute atomic E-state index is 11.8. The van der Waals surface area contributed by atoms with E-state index in [1.54, 1.807) is 25.3 Å². The standard InChI is InChI=1S/C13H19ClN2O2/c1-3-4-10(15)8-13(17)16-11-7-9(14)5-6-12(11)18-2/h5-7,10H,3-4,8,15H2,1-2H3,(H,16,17). The largest absolute Gasteiger partial charge is 0.495 e. The summed E-state index contributed by atoms with van der Waals surface area (Å²) in [4.78, 5) is 11.8. The number of nitrogens with two attached hydrogens (primary N) is 1. The topological polar surface area (TPSA) is 64.4 Å². The van der Waals surface area contributed by atoms with Crippen LogP contribution in [0, 0.1) is 0 Å². The number of anilines is 1. The molecule has 0 heterocycles. The van der Waals surface area contributed by atoms with Gasteiger partial charge in [0.1, 0.15) is 5.75 Å². The van der Waals surface area contributed by atoms with Crippen molar-refractivity contribution in [3.8, 4) is 5.75 Å². The minimum Gasteiger partial charge on any atom is -0.495 e. The van der Waals surface area contributed by atoms with Crippen LogP contribution in [-0.4, -0.2) is 19.1 Å². The average Bonchev–Trinajstić information content (AvgIpc) is 2.29. The summed E-state index contributed by atoms with van der Waals surface area (Å²) in [5, 5.41) is 3.31. The van der Waals surface area contributed by atoms with Gasteiger partial charge in [-0.05, 0) is 24.6 Å². The number of methoxy groups -OCH3 is 1. The van der Waals surface area contributed by atoms with Gasteiger partial charge in [-0.25, -0.2) is 0 Å². The van der Waals surface area contributed by atoms with Crippen LogP contribution in [0.4, 0.5) is 5.69 Å². The zero-order valence-corrected chi connectivity index (χ0v) is 11.5. The van der Waals surface area contributed by atoms with E-state index >= 15 is 0 Å². The van der Waals surface area contributed by atoms with Crippen molar-refractivity contribution in [3.05, 3.63) is 23.2 Å². The lowest BCUT2D eigenvalue weighted by molar-refractivity contribution is -0.116. The van der Waals surface area contributed by atoms with E-state index in [4.69, 9.17) is 22.1 Å². The minimum atomic E-state index is -0.128. The fourth-order valence-electron chi connectivity index (χ4n) is 1.69. The SMILES string of the molecule is CCCC(N)CC(=O)Nc1cc(Cl)ccc1OC. The van der Waals surface area contributed by atoms with Crippen LogP contribution in [0.3, 0.4) is 0 Å². The van der Waals surface area contributed by atoms with E-state index in [2.05, 4.69) is 5.32 Å². The first-order valence-corrected chi connectivity index (χ1v) is 6.33. The smallest absolute Gasteiger partial charge is 0.226 e. The molecule has 0 radical (unpaired) electrons. The Hall–Kier alpha value is -1.26. The molecule has 1 unspecified atom stereocenters. The fourth-order valence-corrected chi connectivity index (χ4v) is 1.86. The van der Waals surface area contributed by atoms with Crippen LogP contribution in [-0.2, 0) is 4.79 Å². The van der Waals surface area contributed by atoms with Crippen LogP contribution >= 0.6 is 11.6 Å². The number of hydrogen-bond acceptors (Lipinski definition) is 3. The van der Waals surface area contributed by atoms with Crippen molar-refractivity contribution >= 4 is 23.2 Å². The highest BCUT2D eigenvalue weighted by Gasteiger charge is 2.11. The predicted octanol–water partition coefficient (Wildman–Crippen LogP) is 2.80. The lowest BCUT2D eigenvalue weighted by Crippen LogP contribution is -2.27. The Morgan fingerprint density at radius 2 is 2.28 bits per heavy atom. The van der Waals surface area contributed by atoms with Crippen LogP contribution in [0.5, 0.6) is 5.75 Å². The second-order valence-electron chi connectivity index (χ2n) is 4.15. The molecule has 18 heavy (non-hydrogen) atoms. The Morgan fingerprint density at radius 3 is 2.89 bits per heavy atom. The number of carbonyl (C=O) groups excluding carboxylic acids is 1. The Balaban J connectivity index is 2.66. The highest BCUT2D eigenvalue weighted by Crippen LogP contribution is 2.27.